The van der Waals surface area contributed by atoms with Crippen molar-refractivity contribution in [2.75, 3.05) is 25.0 Å². The van der Waals surface area contributed by atoms with E-state index in [1.165, 1.54) is 6.33 Å². The van der Waals surface area contributed by atoms with E-state index < -0.39 is 0 Å². The lowest BCUT2D eigenvalue weighted by atomic mass is 10.2. The number of aromatic amines is 1. The van der Waals surface area contributed by atoms with E-state index in [4.69, 9.17) is 10.00 Å². The van der Waals surface area contributed by atoms with E-state index >= 15 is 0 Å². The minimum atomic E-state index is 0.177. The van der Waals surface area contributed by atoms with Gasteiger partial charge in [0.15, 0.2) is 0 Å². The number of benzene rings is 1. The minimum Gasteiger partial charge on any atom is -0.480 e. The Morgan fingerprint density at radius 3 is 3.10 bits per heavy atom. The number of aromatic nitrogens is 3. The van der Waals surface area contributed by atoms with E-state index in [0.717, 1.165) is 47.8 Å². The average molecular weight is 410 g/mol. The van der Waals surface area contributed by atoms with Crippen LogP contribution in [0.15, 0.2) is 61.6 Å². The first kappa shape index (κ1) is 20.1. The predicted octanol–water partition coefficient (Wildman–Crippen LogP) is 3.45. The van der Waals surface area contributed by atoms with Crippen LogP contribution < -0.4 is 10.1 Å². The predicted molar refractivity (Wildman–Crippen MR) is 120 cm³/mol. The average Bonchev–Trinajstić information content (AvgIpc) is 3.44. The van der Waals surface area contributed by atoms with Gasteiger partial charge in [-0.25, -0.2) is 9.97 Å². The number of H-pyrrole nitrogens is 1. The Hall–Kier alpha value is -4.23. The third kappa shape index (κ3) is 4.52. The van der Waals surface area contributed by atoms with Gasteiger partial charge in [-0.3, -0.25) is 0 Å². The van der Waals surface area contributed by atoms with E-state index in [-0.39, 0.29) is 12.6 Å². The number of nitrogens with one attached hydrogen (secondary N) is 2. The van der Waals surface area contributed by atoms with Crippen LogP contribution in [0.5, 0.6) is 5.75 Å². The molecule has 1 aliphatic rings. The Labute approximate surface area is 181 Å². The van der Waals surface area contributed by atoms with Gasteiger partial charge in [-0.2, -0.15) is 5.26 Å². The van der Waals surface area contributed by atoms with Crippen molar-refractivity contribution in [2.24, 2.45) is 0 Å². The molecule has 1 aromatic carbocycles. The third-order valence-electron chi connectivity index (χ3n) is 5.13. The SMILES string of the molecule is C=CC(=C)N1CC[C@@H](Nc2ncnc3[nH]c(C#CCOc4ccccc4C#N)cc23)C1. The molecule has 7 nitrogen and oxygen atoms in total. The molecule has 1 fully saturated rings. The topological polar surface area (TPSA) is 89.9 Å². The number of nitrogens with zero attached hydrogens (tertiary/aromatic N) is 4. The molecule has 0 aliphatic carbocycles. The highest BCUT2D eigenvalue weighted by Crippen LogP contribution is 2.24. The summed E-state index contributed by atoms with van der Waals surface area (Å²) in [6.45, 7) is 9.79. The third-order valence-corrected chi connectivity index (χ3v) is 5.13. The summed E-state index contributed by atoms with van der Waals surface area (Å²) in [5.41, 5.74) is 2.88. The molecule has 0 radical (unpaired) electrons. The fraction of sp³-hybridized carbons (Fsp3) is 0.208. The van der Waals surface area contributed by atoms with Crippen molar-refractivity contribution in [3.05, 3.63) is 72.8 Å². The van der Waals surface area contributed by atoms with Crippen LogP contribution in [-0.4, -0.2) is 45.6 Å². The Bertz CT molecular complexity index is 1230. The number of allylic oxidation sites excluding steroid dienone is 1. The highest BCUT2D eigenvalue weighted by atomic mass is 16.5. The van der Waals surface area contributed by atoms with Crippen molar-refractivity contribution in [1.82, 2.24) is 19.9 Å². The standard InChI is InChI=1S/C24H22N6O/c1-3-17(2)30-11-10-20(15-30)29-24-21-13-19(28-23(21)26-16-27-24)8-6-12-31-22-9-5-4-7-18(22)14-25/h3-5,7,9,13,16,20H,1-2,10-12,15H2,(H2,26,27,28,29)/t20-/m1/s1. The Balaban J connectivity index is 1.44. The van der Waals surface area contributed by atoms with Gasteiger partial charge in [0.25, 0.3) is 0 Å². The van der Waals surface area contributed by atoms with E-state index in [9.17, 15) is 0 Å². The maximum absolute atomic E-state index is 9.11. The maximum Gasteiger partial charge on any atom is 0.149 e. The maximum atomic E-state index is 9.11. The molecule has 3 aromatic rings. The van der Waals surface area contributed by atoms with Gasteiger partial charge in [0.05, 0.1) is 16.6 Å². The second-order valence-corrected chi connectivity index (χ2v) is 7.14. The number of nitriles is 1. The highest BCUT2D eigenvalue weighted by Gasteiger charge is 2.23. The van der Waals surface area contributed by atoms with Crippen molar-refractivity contribution in [1.29, 1.82) is 5.26 Å². The molecular formula is C24H22N6O. The summed E-state index contributed by atoms with van der Waals surface area (Å²) in [5, 5.41) is 13.5. The summed E-state index contributed by atoms with van der Waals surface area (Å²) < 4.78 is 5.61. The number of rotatable bonds is 6. The zero-order valence-electron chi connectivity index (χ0n) is 17.1. The van der Waals surface area contributed by atoms with E-state index in [1.807, 2.05) is 12.1 Å². The zero-order chi connectivity index (χ0) is 21.6. The molecule has 4 rings (SSSR count). The largest absolute Gasteiger partial charge is 0.480 e. The molecule has 154 valence electrons. The number of anilines is 1. The molecule has 2 N–H and O–H groups in total. The van der Waals surface area contributed by atoms with Gasteiger partial charge in [-0.1, -0.05) is 31.2 Å². The van der Waals surface area contributed by atoms with Crippen molar-refractivity contribution in [3.63, 3.8) is 0 Å². The first-order valence-electron chi connectivity index (χ1n) is 9.95. The van der Waals surface area contributed by atoms with Gasteiger partial charge in [-0.15, -0.1) is 0 Å². The van der Waals surface area contributed by atoms with Crippen molar-refractivity contribution in [2.45, 2.75) is 12.5 Å². The van der Waals surface area contributed by atoms with Crippen molar-refractivity contribution < 1.29 is 4.74 Å². The number of hydrogen-bond acceptors (Lipinski definition) is 6. The molecule has 31 heavy (non-hydrogen) atoms. The smallest absolute Gasteiger partial charge is 0.149 e. The fourth-order valence-electron chi connectivity index (χ4n) is 3.51. The molecule has 0 amide bonds. The molecule has 0 spiro atoms. The first-order valence-corrected chi connectivity index (χ1v) is 9.95. The number of hydrogen-bond donors (Lipinski definition) is 2. The molecule has 7 heteroatoms. The van der Waals surface area contributed by atoms with Gasteiger partial charge in [0.1, 0.15) is 36.2 Å². The molecular weight excluding hydrogens is 388 g/mol. The van der Waals surface area contributed by atoms with Crippen molar-refractivity contribution in [3.8, 4) is 23.7 Å². The Morgan fingerprint density at radius 2 is 2.26 bits per heavy atom. The lowest BCUT2D eigenvalue weighted by Crippen LogP contribution is -2.25. The monoisotopic (exact) mass is 410 g/mol. The molecule has 1 saturated heterocycles. The lowest BCUT2D eigenvalue weighted by molar-refractivity contribution is 0.369. The Kier molecular flexibility index (Phi) is 5.86. The van der Waals surface area contributed by atoms with Crippen molar-refractivity contribution >= 4 is 16.9 Å². The number of ether oxygens (including phenoxy) is 1. The molecule has 0 bridgehead atoms. The number of para-hydroxylation sites is 1. The molecule has 0 unspecified atom stereocenters. The zero-order valence-corrected chi connectivity index (χ0v) is 17.1. The number of likely N-dealkylation sites (tertiary alicyclic amines) is 1. The summed E-state index contributed by atoms with van der Waals surface area (Å²) in [6.07, 6.45) is 4.32. The molecule has 2 aromatic heterocycles. The minimum absolute atomic E-state index is 0.177. The van der Waals surface area contributed by atoms with E-state index in [0.29, 0.717) is 11.3 Å². The molecule has 0 saturated carbocycles. The molecule has 1 atom stereocenters. The van der Waals surface area contributed by atoms with Crippen LogP contribution in [0.2, 0.25) is 0 Å². The van der Waals surface area contributed by atoms with Gasteiger partial charge < -0.3 is 19.9 Å². The summed E-state index contributed by atoms with van der Waals surface area (Å²) in [6, 6.07) is 11.4. The highest BCUT2D eigenvalue weighted by molar-refractivity contribution is 5.88. The summed E-state index contributed by atoms with van der Waals surface area (Å²) in [7, 11) is 0. The van der Waals surface area contributed by atoms with Gasteiger partial charge in [-0.05, 0) is 36.6 Å². The number of fused-ring (bicyclic) bond motifs is 1. The van der Waals surface area contributed by atoms with E-state index in [2.05, 4.69) is 56.2 Å². The van der Waals surface area contributed by atoms with Gasteiger partial charge in [0.2, 0.25) is 0 Å². The van der Waals surface area contributed by atoms with Gasteiger partial charge in [0, 0.05) is 24.8 Å². The summed E-state index contributed by atoms with van der Waals surface area (Å²) >= 11 is 0. The molecule has 3 heterocycles. The van der Waals surface area contributed by atoms with Crippen LogP contribution in [0.25, 0.3) is 11.0 Å². The normalized spacial score (nSPS) is 15.1. The quantitative estimate of drug-likeness (QED) is 0.478. The summed E-state index contributed by atoms with van der Waals surface area (Å²) in [5.74, 6) is 7.33. The first-order chi connectivity index (χ1) is 15.2. The Morgan fingerprint density at radius 1 is 1.39 bits per heavy atom. The van der Waals surface area contributed by atoms with Crippen LogP contribution in [-0.2, 0) is 0 Å². The summed E-state index contributed by atoms with van der Waals surface area (Å²) in [4.78, 5) is 14.2. The van der Waals surface area contributed by atoms with Crippen LogP contribution in [0.1, 0.15) is 17.7 Å². The van der Waals surface area contributed by atoms with Gasteiger partial charge >= 0.3 is 0 Å². The fourth-order valence-corrected chi connectivity index (χ4v) is 3.51. The lowest BCUT2D eigenvalue weighted by Gasteiger charge is -2.19. The second kappa shape index (κ2) is 9.06. The second-order valence-electron chi connectivity index (χ2n) is 7.14. The molecule has 1 aliphatic heterocycles. The van der Waals surface area contributed by atoms with Crippen LogP contribution in [0, 0.1) is 23.2 Å². The van der Waals surface area contributed by atoms with Crippen LogP contribution in [0.3, 0.4) is 0 Å². The van der Waals surface area contributed by atoms with E-state index in [1.54, 1.807) is 24.3 Å². The van der Waals surface area contributed by atoms with Crippen LogP contribution in [0.4, 0.5) is 5.82 Å². The van der Waals surface area contributed by atoms with Crippen LogP contribution >= 0.6 is 0 Å².